The summed E-state index contributed by atoms with van der Waals surface area (Å²) in [6.07, 6.45) is 4.73. The SMILES string of the molecule is CCOc1cncc(C(NC)C(C)(CC)N(C)C)c1. The summed E-state index contributed by atoms with van der Waals surface area (Å²) in [5, 5.41) is 3.42. The van der Waals surface area contributed by atoms with Gasteiger partial charge in [0.05, 0.1) is 18.8 Å². The van der Waals surface area contributed by atoms with Gasteiger partial charge in [0.25, 0.3) is 0 Å². The normalized spacial score (nSPS) is 16.2. The van der Waals surface area contributed by atoms with Crippen molar-refractivity contribution in [2.24, 2.45) is 0 Å². The van der Waals surface area contributed by atoms with Gasteiger partial charge >= 0.3 is 0 Å². The Kier molecular flexibility index (Phi) is 5.76. The second-order valence-electron chi connectivity index (χ2n) is 5.21. The fraction of sp³-hybridized carbons (Fsp3) is 0.667. The smallest absolute Gasteiger partial charge is 0.137 e. The third-order valence-corrected chi connectivity index (χ3v) is 4.03. The number of nitrogens with zero attached hydrogens (tertiary/aromatic N) is 2. The maximum atomic E-state index is 5.54. The molecule has 0 spiro atoms. The van der Waals surface area contributed by atoms with Crippen molar-refractivity contribution in [3.05, 3.63) is 24.0 Å². The largest absolute Gasteiger partial charge is 0.492 e. The van der Waals surface area contributed by atoms with E-state index in [4.69, 9.17) is 4.74 Å². The summed E-state index contributed by atoms with van der Waals surface area (Å²) in [6, 6.07) is 2.29. The Balaban J connectivity index is 3.11. The van der Waals surface area contributed by atoms with Crippen molar-refractivity contribution >= 4 is 0 Å². The summed E-state index contributed by atoms with van der Waals surface area (Å²) in [6.45, 7) is 7.12. The van der Waals surface area contributed by atoms with E-state index in [0.717, 1.165) is 17.7 Å². The summed E-state index contributed by atoms with van der Waals surface area (Å²) in [5.74, 6) is 0.831. The molecule has 1 heterocycles. The molecule has 0 fully saturated rings. The number of hydrogen-bond acceptors (Lipinski definition) is 4. The van der Waals surface area contributed by atoms with Crippen LogP contribution in [0.2, 0.25) is 0 Å². The average molecular weight is 265 g/mol. The molecule has 0 saturated heterocycles. The zero-order chi connectivity index (χ0) is 14.5. The Morgan fingerprint density at radius 3 is 2.53 bits per heavy atom. The van der Waals surface area contributed by atoms with Gasteiger partial charge in [0.15, 0.2) is 0 Å². The maximum absolute atomic E-state index is 5.54. The predicted octanol–water partition coefficient (Wildman–Crippen LogP) is 2.47. The van der Waals surface area contributed by atoms with E-state index in [1.165, 1.54) is 0 Å². The Labute approximate surface area is 117 Å². The Morgan fingerprint density at radius 1 is 1.37 bits per heavy atom. The van der Waals surface area contributed by atoms with Crippen LogP contribution < -0.4 is 10.1 Å². The van der Waals surface area contributed by atoms with Gasteiger partial charge in [-0.05, 0) is 53.0 Å². The number of ether oxygens (including phenoxy) is 1. The van der Waals surface area contributed by atoms with Crippen molar-refractivity contribution in [2.75, 3.05) is 27.7 Å². The minimum atomic E-state index is 0.0290. The van der Waals surface area contributed by atoms with Gasteiger partial charge in [-0.2, -0.15) is 0 Å². The molecule has 0 radical (unpaired) electrons. The first-order valence-corrected chi connectivity index (χ1v) is 6.92. The van der Waals surface area contributed by atoms with Crippen LogP contribution in [-0.2, 0) is 0 Å². The molecule has 19 heavy (non-hydrogen) atoms. The van der Waals surface area contributed by atoms with E-state index in [9.17, 15) is 0 Å². The molecule has 0 aliphatic rings. The zero-order valence-electron chi connectivity index (χ0n) is 13.0. The van der Waals surface area contributed by atoms with Gasteiger partial charge in [0.1, 0.15) is 5.75 Å². The molecular weight excluding hydrogens is 238 g/mol. The molecular formula is C15H27N3O. The molecule has 0 saturated carbocycles. The lowest BCUT2D eigenvalue weighted by Crippen LogP contribution is -2.50. The number of nitrogens with one attached hydrogen (secondary N) is 1. The highest BCUT2D eigenvalue weighted by Crippen LogP contribution is 2.33. The third kappa shape index (κ3) is 3.45. The Bertz CT molecular complexity index is 395. The topological polar surface area (TPSA) is 37.4 Å². The summed E-state index contributed by atoms with van der Waals surface area (Å²) in [4.78, 5) is 6.56. The highest BCUT2D eigenvalue weighted by Gasteiger charge is 2.35. The van der Waals surface area contributed by atoms with E-state index < -0.39 is 0 Å². The van der Waals surface area contributed by atoms with Gasteiger partial charge in [-0.3, -0.25) is 4.98 Å². The predicted molar refractivity (Wildman–Crippen MR) is 79.6 cm³/mol. The van der Waals surface area contributed by atoms with Crippen LogP contribution in [0.5, 0.6) is 5.75 Å². The first kappa shape index (κ1) is 15.9. The van der Waals surface area contributed by atoms with Crippen LogP contribution in [0.3, 0.4) is 0 Å². The lowest BCUT2D eigenvalue weighted by molar-refractivity contribution is 0.116. The van der Waals surface area contributed by atoms with Gasteiger partial charge in [-0.1, -0.05) is 6.92 Å². The molecule has 0 aliphatic heterocycles. The molecule has 4 nitrogen and oxygen atoms in total. The fourth-order valence-corrected chi connectivity index (χ4v) is 2.45. The van der Waals surface area contributed by atoms with Crippen molar-refractivity contribution < 1.29 is 4.74 Å². The lowest BCUT2D eigenvalue weighted by atomic mass is 9.84. The van der Waals surface area contributed by atoms with Crippen molar-refractivity contribution in [1.82, 2.24) is 15.2 Å². The van der Waals surface area contributed by atoms with Gasteiger partial charge in [-0.15, -0.1) is 0 Å². The van der Waals surface area contributed by atoms with Crippen LogP contribution in [0.4, 0.5) is 0 Å². The molecule has 1 aromatic rings. The molecule has 0 amide bonds. The summed E-state index contributed by atoms with van der Waals surface area (Å²) in [7, 11) is 6.23. The second-order valence-corrected chi connectivity index (χ2v) is 5.21. The first-order valence-electron chi connectivity index (χ1n) is 6.92. The molecule has 108 valence electrons. The number of rotatable bonds is 7. The maximum Gasteiger partial charge on any atom is 0.137 e. The lowest BCUT2D eigenvalue weighted by Gasteiger charge is -2.42. The van der Waals surface area contributed by atoms with E-state index in [-0.39, 0.29) is 11.6 Å². The molecule has 2 atom stereocenters. The monoisotopic (exact) mass is 265 g/mol. The summed E-state index contributed by atoms with van der Waals surface area (Å²) in [5.41, 5.74) is 1.19. The summed E-state index contributed by atoms with van der Waals surface area (Å²) < 4.78 is 5.54. The van der Waals surface area contributed by atoms with E-state index >= 15 is 0 Å². The Morgan fingerprint density at radius 2 is 2.05 bits per heavy atom. The fourth-order valence-electron chi connectivity index (χ4n) is 2.45. The quantitative estimate of drug-likeness (QED) is 0.822. The van der Waals surface area contributed by atoms with Crippen molar-refractivity contribution in [1.29, 1.82) is 0 Å². The van der Waals surface area contributed by atoms with E-state index in [1.54, 1.807) is 6.20 Å². The van der Waals surface area contributed by atoms with Crippen LogP contribution in [-0.4, -0.2) is 43.2 Å². The minimum Gasteiger partial charge on any atom is -0.492 e. The highest BCUT2D eigenvalue weighted by atomic mass is 16.5. The second kappa shape index (κ2) is 6.87. The molecule has 0 aromatic carbocycles. The average Bonchev–Trinajstić information content (AvgIpc) is 2.40. The van der Waals surface area contributed by atoms with Crippen LogP contribution >= 0.6 is 0 Å². The molecule has 1 aromatic heterocycles. The van der Waals surface area contributed by atoms with Gasteiger partial charge in [0, 0.05) is 11.7 Å². The summed E-state index contributed by atoms with van der Waals surface area (Å²) >= 11 is 0. The van der Waals surface area contributed by atoms with E-state index in [2.05, 4.69) is 49.2 Å². The van der Waals surface area contributed by atoms with Crippen LogP contribution in [0.1, 0.15) is 38.8 Å². The van der Waals surface area contributed by atoms with E-state index in [0.29, 0.717) is 6.61 Å². The van der Waals surface area contributed by atoms with Crippen LogP contribution in [0, 0.1) is 0 Å². The third-order valence-electron chi connectivity index (χ3n) is 4.03. The number of pyridine rings is 1. The van der Waals surface area contributed by atoms with Gasteiger partial charge in [0.2, 0.25) is 0 Å². The molecule has 0 bridgehead atoms. The molecule has 4 heteroatoms. The first-order chi connectivity index (χ1) is 8.99. The molecule has 1 rings (SSSR count). The number of likely N-dealkylation sites (N-methyl/N-ethyl adjacent to an activating group) is 2. The van der Waals surface area contributed by atoms with Crippen LogP contribution in [0.25, 0.3) is 0 Å². The van der Waals surface area contributed by atoms with Crippen molar-refractivity contribution in [2.45, 2.75) is 38.8 Å². The van der Waals surface area contributed by atoms with Crippen molar-refractivity contribution in [3.63, 3.8) is 0 Å². The zero-order valence-corrected chi connectivity index (χ0v) is 13.0. The standard InChI is InChI=1S/C15H27N3O/c1-7-15(3,18(5)6)14(16-4)12-9-13(19-8-2)11-17-10-12/h9-11,14,16H,7-8H2,1-6H3. The van der Waals surface area contributed by atoms with Gasteiger partial charge in [-0.25, -0.2) is 0 Å². The number of hydrogen-bond donors (Lipinski definition) is 1. The van der Waals surface area contributed by atoms with E-state index in [1.807, 2.05) is 20.2 Å². The Hall–Kier alpha value is -1.13. The highest BCUT2D eigenvalue weighted by molar-refractivity contribution is 5.28. The van der Waals surface area contributed by atoms with Crippen molar-refractivity contribution in [3.8, 4) is 5.75 Å². The number of aromatic nitrogens is 1. The van der Waals surface area contributed by atoms with Gasteiger partial charge < -0.3 is 15.0 Å². The molecule has 1 N–H and O–H groups in total. The molecule has 0 aliphatic carbocycles. The molecule has 2 unspecified atom stereocenters. The van der Waals surface area contributed by atoms with Crippen LogP contribution in [0.15, 0.2) is 18.5 Å². The minimum absolute atomic E-state index is 0.0290.